The Balaban J connectivity index is 1.64. The van der Waals surface area contributed by atoms with Gasteiger partial charge in [0, 0.05) is 45.9 Å². The maximum absolute atomic E-state index is 14.2. The Morgan fingerprint density at radius 3 is 2.60 bits per heavy atom. The highest BCUT2D eigenvalue weighted by Gasteiger charge is 2.78. The van der Waals surface area contributed by atoms with E-state index in [2.05, 4.69) is 11.5 Å². The van der Waals surface area contributed by atoms with E-state index in [0.717, 1.165) is 13.1 Å². The second kappa shape index (κ2) is 10.5. The SMILES string of the molecule is C=CCN(CCN1CCOCC1)C(=O)C1N(CCCCO)C(=O)[C@@H]2[C@H](C(=O)O)[C@]3(CC)CCC12O3. The molecule has 4 rings (SSSR count). The third-order valence-electron chi connectivity index (χ3n) is 8.44. The summed E-state index contributed by atoms with van der Waals surface area (Å²) < 4.78 is 12.0. The van der Waals surface area contributed by atoms with Gasteiger partial charge >= 0.3 is 5.97 Å². The third-order valence-corrected chi connectivity index (χ3v) is 8.44. The van der Waals surface area contributed by atoms with E-state index in [1.165, 1.54) is 0 Å². The summed E-state index contributed by atoms with van der Waals surface area (Å²) in [6.07, 6.45) is 4.19. The van der Waals surface area contributed by atoms with Gasteiger partial charge in [-0.1, -0.05) is 13.0 Å². The number of ether oxygens (including phenoxy) is 2. The summed E-state index contributed by atoms with van der Waals surface area (Å²) in [5.41, 5.74) is -2.05. The van der Waals surface area contributed by atoms with E-state index < -0.39 is 35.0 Å². The molecule has 10 nitrogen and oxygen atoms in total. The Labute approximate surface area is 206 Å². The summed E-state index contributed by atoms with van der Waals surface area (Å²) in [6, 6.07) is -0.874. The molecule has 2 unspecified atom stereocenters. The first-order valence-electron chi connectivity index (χ1n) is 12.9. The summed E-state index contributed by atoms with van der Waals surface area (Å²) in [7, 11) is 0. The number of morpholine rings is 1. The molecular weight excluding hydrogens is 454 g/mol. The molecule has 4 aliphatic heterocycles. The molecule has 4 aliphatic rings. The largest absolute Gasteiger partial charge is 0.481 e. The molecule has 0 aromatic heterocycles. The van der Waals surface area contributed by atoms with E-state index in [1.54, 1.807) is 15.9 Å². The van der Waals surface area contributed by atoms with Gasteiger partial charge in [-0.05, 0) is 32.1 Å². The van der Waals surface area contributed by atoms with E-state index in [0.29, 0.717) is 65.0 Å². The Hall–Kier alpha value is -2.01. The van der Waals surface area contributed by atoms with Crippen LogP contribution in [0, 0.1) is 11.8 Å². The summed E-state index contributed by atoms with van der Waals surface area (Å²) in [5, 5.41) is 19.4. The van der Waals surface area contributed by atoms with Gasteiger partial charge in [-0.3, -0.25) is 19.3 Å². The number of carbonyl (C=O) groups excluding carboxylic acids is 2. The fourth-order valence-corrected chi connectivity index (χ4v) is 6.71. The van der Waals surface area contributed by atoms with Crippen LogP contribution in [0.5, 0.6) is 0 Å². The third kappa shape index (κ3) is 4.39. The number of likely N-dealkylation sites (tertiary alicyclic amines) is 1. The number of nitrogens with zero attached hydrogens (tertiary/aromatic N) is 3. The van der Waals surface area contributed by atoms with Crippen LogP contribution in [0.4, 0.5) is 0 Å². The van der Waals surface area contributed by atoms with Gasteiger partial charge in [-0.2, -0.15) is 0 Å². The zero-order valence-corrected chi connectivity index (χ0v) is 20.7. The minimum atomic E-state index is -1.13. The van der Waals surface area contributed by atoms with Crippen LogP contribution in [0.1, 0.15) is 39.0 Å². The van der Waals surface area contributed by atoms with Gasteiger partial charge in [0.25, 0.3) is 0 Å². The van der Waals surface area contributed by atoms with Crippen LogP contribution in [0.2, 0.25) is 0 Å². The molecule has 4 saturated heterocycles. The number of unbranched alkanes of at least 4 members (excludes halogenated alkanes) is 1. The molecule has 35 heavy (non-hydrogen) atoms. The number of carbonyl (C=O) groups is 3. The van der Waals surface area contributed by atoms with Crippen molar-refractivity contribution in [1.82, 2.24) is 14.7 Å². The molecule has 0 saturated carbocycles. The van der Waals surface area contributed by atoms with Crippen molar-refractivity contribution in [3.63, 3.8) is 0 Å². The number of aliphatic hydroxyl groups is 1. The van der Waals surface area contributed by atoms with Crippen LogP contribution in [-0.2, 0) is 23.9 Å². The molecule has 4 fully saturated rings. The predicted octanol–water partition coefficient (Wildman–Crippen LogP) is 0.345. The highest BCUT2D eigenvalue weighted by Crippen LogP contribution is 2.64. The number of aliphatic hydroxyl groups excluding tert-OH is 1. The first kappa shape index (κ1) is 26.1. The van der Waals surface area contributed by atoms with Crippen molar-refractivity contribution < 1.29 is 34.1 Å². The van der Waals surface area contributed by atoms with Crippen molar-refractivity contribution in [3.05, 3.63) is 12.7 Å². The van der Waals surface area contributed by atoms with Crippen molar-refractivity contribution in [2.24, 2.45) is 11.8 Å². The molecule has 2 amide bonds. The van der Waals surface area contributed by atoms with Gasteiger partial charge in [-0.15, -0.1) is 6.58 Å². The van der Waals surface area contributed by atoms with E-state index in [-0.39, 0.29) is 25.0 Å². The van der Waals surface area contributed by atoms with Gasteiger partial charge < -0.3 is 29.5 Å². The van der Waals surface area contributed by atoms with Gasteiger partial charge in [0.2, 0.25) is 11.8 Å². The monoisotopic (exact) mass is 493 g/mol. The molecule has 0 aromatic rings. The first-order chi connectivity index (χ1) is 16.8. The molecule has 2 N–H and O–H groups in total. The fraction of sp³-hybridized carbons (Fsp3) is 0.800. The summed E-state index contributed by atoms with van der Waals surface area (Å²) in [5.74, 6) is -3.40. The van der Waals surface area contributed by atoms with Gasteiger partial charge in [0.1, 0.15) is 17.6 Å². The van der Waals surface area contributed by atoms with Crippen LogP contribution in [-0.4, -0.2) is 119 Å². The number of rotatable bonds is 12. The molecular formula is C25H39N3O7. The maximum Gasteiger partial charge on any atom is 0.310 e. The smallest absolute Gasteiger partial charge is 0.310 e. The van der Waals surface area contributed by atoms with E-state index in [1.807, 2.05) is 6.92 Å². The quantitative estimate of drug-likeness (QED) is 0.295. The lowest BCUT2D eigenvalue weighted by molar-refractivity contribution is -0.157. The fourth-order valence-electron chi connectivity index (χ4n) is 6.71. The molecule has 10 heteroatoms. The topological polar surface area (TPSA) is 120 Å². The number of fused-ring (bicyclic) bond motifs is 1. The first-order valence-corrected chi connectivity index (χ1v) is 12.9. The number of hydrogen-bond acceptors (Lipinski definition) is 7. The highest BCUT2D eigenvalue weighted by atomic mass is 16.5. The van der Waals surface area contributed by atoms with E-state index in [4.69, 9.17) is 9.47 Å². The molecule has 0 aliphatic carbocycles. The zero-order chi connectivity index (χ0) is 25.2. The molecule has 2 bridgehead atoms. The minimum absolute atomic E-state index is 0.00938. The lowest BCUT2D eigenvalue weighted by atomic mass is 9.65. The van der Waals surface area contributed by atoms with Crippen LogP contribution in [0.25, 0.3) is 0 Å². The average Bonchev–Trinajstić information content (AvgIpc) is 3.46. The lowest BCUT2D eigenvalue weighted by Crippen LogP contribution is -2.57. The molecule has 0 aromatic carbocycles. The minimum Gasteiger partial charge on any atom is -0.481 e. The Kier molecular flexibility index (Phi) is 7.85. The molecule has 5 atom stereocenters. The summed E-state index contributed by atoms with van der Waals surface area (Å²) in [4.78, 5) is 45.8. The normalized spacial score (nSPS) is 34.3. The van der Waals surface area contributed by atoms with E-state index in [9.17, 15) is 24.6 Å². The maximum atomic E-state index is 14.2. The standard InChI is InChI=1S/C25H39N3O7/c1-3-9-27(12-11-26-13-16-34-17-14-26)22(31)20-25-8-7-24(4-2,35-25)19(23(32)33)18(25)21(30)28(20)10-5-6-15-29/h3,18-20,29H,1,4-17H2,2H3,(H,32,33)/t18-,19+,20?,24-,25?/m0/s1. The molecule has 196 valence electrons. The van der Waals surface area contributed by atoms with E-state index >= 15 is 0 Å². The number of carboxylic acids is 1. The van der Waals surface area contributed by atoms with Gasteiger partial charge in [0.05, 0.1) is 24.7 Å². The number of amides is 2. The van der Waals surface area contributed by atoms with Crippen LogP contribution in [0.15, 0.2) is 12.7 Å². The van der Waals surface area contributed by atoms with Crippen molar-refractivity contribution in [1.29, 1.82) is 0 Å². The Bertz CT molecular complexity index is 832. The second-order valence-corrected chi connectivity index (χ2v) is 10.2. The second-order valence-electron chi connectivity index (χ2n) is 10.2. The van der Waals surface area contributed by atoms with Crippen molar-refractivity contribution >= 4 is 17.8 Å². The van der Waals surface area contributed by atoms with Crippen LogP contribution >= 0.6 is 0 Å². The summed E-state index contributed by atoms with van der Waals surface area (Å²) in [6.45, 7) is 10.4. The van der Waals surface area contributed by atoms with Crippen molar-refractivity contribution in [2.75, 3.05) is 59.1 Å². The van der Waals surface area contributed by atoms with Crippen LogP contribution in [0.3, 0.4) is 0 Å². The summed E-state index contributed by atoms with van der Waals surface area (Å²) >= 11 is 0. The molecule has 0 radical (unpaired) electrons. The predicted molar refractivity (Wildman–Crippen MR) is 127 cm³/mol. The Morgan fingerprint density at radius 2 is 1.97 bits per heavy atom. The average molecular weight is 494 g/mol. The van der Waals surface area contributed by atoms with Gasteiger partial charge in [-0.25, -0.2) is 0 Å². The van der Waals surface area contributed by atoms with Gasteiger partial charge in [0.15, 0.2) is 0 Å². The number of carboxylic acid groups (broad SMARTS) is 1. The number of aliphatic carboxylic acids is 1. The van der Waals surface area contributed by atoms with Crippen LogP contribution < -0.4 is 0 Å². The zero-order valence-electron chi connectivity index (χ0n) is 20.7. The number of hydrogen-bond donors (Lipinski definition) is 2. The van der Waals surface area contributed by atoms with Crippen molar-refractivity contribution in [2.45, 2.75) is 56.3 Å². The lowest BCUT2D eigenvalue weighted by Gasteiger charge is -2.37. The highest BCUT2D eigenvalue weighted by molar-refractivity contribution is 5.98. The van der Waals surface area contributed by atoms with Crippen molar-refractivity contribution in [3.8, 4) is 0 Å². The molecule has 1 spiro atoms. The Morgan fingerprint density at radius 1 is 1.23 bits per heavy atom. The molecule has 4 heterocycles.